The zero-order valence-corrected chi connectivity index (χ0v) is 16.8. The van der Waals surface area contributed by atoms with Crippen LogP contribution >= 0.6 is 0 Å². The Balaban J connectivity index is 1.66. The molecule has 7 heteroatoms. The second kappa shape index (κ2) is 8.77. The van der Waals surface area contributed by atoms with Crippen LogP contribution in [-0.2, 0) is 14.4 Å². The Hall–Kier alpha value is -3.35. The quantitative estimate of drug-likeness (QED) is 0.758. The zero-order chi connectivity index (χ0) is 21.0. The molecule has 1 aliphatic heterocycles. The van der Waals surface area contributed by atoms with Gasteiger partial charge in [-0.1, -0.05) is 26.0 Å². The van der Waals surface area contributed by atoms with Crippen molar-refractivity contribution in [1.29, 1.82) is 0 Å². The minimum Gasteiger partial charge on any atom is -0.494 e. The molecule has 0 unspecified atom stereocenters. The molecule has 1 aliphatic rings. The zero-order valence-electron chi connectivity index (χ0n) is 16.8. The van der Waals surface area contributed by atoms with Crippen LogP contribution in [0.5, 0.6) is 5.75 Å². The summed E-state index contributed by atoms with van der Waals surface area (Å²) in [5.41, 5.74) is 2.77. The van der Waals surface area contributed by atoms with Gasteiger partial charge in [0.1, 0.15) is 5.75 Å². The van der Waals surface area contributed by atoms with Gasteiger partial charge in [0.05, 0.1) is 12.8 Å². The molecule has 29 heavy (non-hydrogen) atoms. The van der Waals surface area contributed by atoms with E-state index in [0.29, 0.717) is 41.7 Å². The average Bonchev–Trinajstić information content (AvgIpc) is 3.13. The number of benzene rings is 2. The number of carbonyl (C=O) groups excluding carboxylic acids is 3. The fraction of sp³-hybridized carbons (Fsp3) is 0.318. The van der Waals surface area contributed by atoms with Crippen LogP contribution in [0.4, 0.5) is 17.1 Å². The van der Waals surface area contributed by atoms with Crippen LogP contribution < -0.4 is 20.3 Å². The number of nitrogens with zero attached hydrogens (tertiary/aromatic N) is 1. The minimum absolute atomic E-state index is 0.0444. The summed E-state index contributed by atoms with van der Waals surface area (Å²) in [6.07, 6.45) is 1.32. The van der Waals surface area contributed by atoms with E-state index in [9.17, 15) is 14.4 Å². The first-order valence-corrected chi connectivity index (χ1v) is 9.59. The van der Waals surface area contributed by atoms with Gasteiger partial charge in [-0.2, -0.15) is 0 Å². The third-order valence-electron chi connectivity index (χ3n) is 4.84. The van der Waals surface area contributed by atoms with Gasteiger partial charge in [0.25, 0.3) is 0 Å². The molecule has 1 heterocycles. The highest BCUT2D eigenvalue weighted by atomic mass is 16.5. The van der Waals surface area contributed by atoms with Crippen LogP contribution in [0, 0.1) is 0 Å². The van der Waals surface area contributed by atoms with E-state index < -0.39 is 11.8 Å². The third kappa shape index (κ3) is 4.74. The molecule has 1 saturated heterocycles. The van der Waals surface area contributed by atoms with E-state index in [1.54, 1.807) is 35.2 Å². The molecule has 7 nitrogen and oxygen atoms in total. The molecule has 3 rings (SSSR count). The molecule has 0 saturated carbocycles. The summed E-state index contributed by atoms with van der Waals surface area (Å²) in [7, 11) is 1.50. The second-order valence-corrected chi connectivity index (χ2v) is 7.22. The highest BCUT2D eigenvalue weighted by molar-refractivity contribution is 6.43. The number of rotatable bonds is 5. The molecule has 0 aromatic heterocycles. The predicted octanol–water partition coefficient (Wildman–Crippen LogP) is 3.52. The molecule has 2 N–H and O–H groups in total. The van der Waals surface area contributed by atoms with Crippen molar-refractivity contribution >= 4 is 34.8 Å². The Morgan fingerprint density at radius 3 is 2.17 bits per heavy atom. The van der Waals surface area contributed by atoms with Gasteiger partial charge < -0.3 is 20.3 Å². The van der Waals surface area contributed by atoms with Crippen molar-refractivity contribution in [3.63, 3.8) is 0 Å². The topological polar surface area (TPSA) is 87.7 Å². The Morgan fingerprint density at radius 1 is 1.00 bits per heavy atom. The molecular formula is C22H25N3O4. The third-order valence-corrected chi connectivity index (χ3v) is 4.84. The van der Waals surface area contributed by atoms with E-state index in [2.05, 4.69) is 24.5 Å². The molecule has 0 atom stereocenters. The summed E-state index contributed by atoms with van der Waals surface area (Å²) >= 11 is 0. The van der Waals surface area contributed by atoms with Crippen molar-refractivity contribution in [2.24, 2.45) is 0 Å². The lowest BCUT2D eigenvalue weighted by Gasteiger charge is -2.19. The monoisotopic (exact) mass is 395 g/mol. The van der Waals surface area contributed by atoms with E-state index >= 15 is 0 Å². The first-order chi connectivity index (χ1) is 13.9. The number of nitrogens with one attached hydrogen (secondary N) is 2. The summed E-state index contributed by atoms with van der Waals surface area (Å²) < 4.78 is 5.37. The highest BCUT2D eigenvalue weighted by Gasteiger charge is 2.25. The number of ether oxygens (including phenoxy) is 1. The Labute approximate surface area is 170 Å². The number of hydrogen-bond acceptors (Lipinski definition) is 4. The molecule has 152 valence electrons. The SMILES string of the molecule is COc1cc(NC(=O)C(=O)Nc2ccc(C(C)C)cc2)ccc1N1CCCC1=O. The maximum atomic E-state index is 12.3. The van der Waals surface area contributed by atoms with E-state index in [0.717, 1.165) is 12.0 Å². The molecular weight excluding hydrogens is 370 g/mol. The standard InChI is InChI=1S/C22H25N3O4/c1-14(2)15-6-8-16(9-7-15)23-21(27)22(28)24-17-10-11-18(19(13-17)29-3)25-12-4-5-20(25)26/h6-11,13-14H,4-5,12H2,1-3H3,(H,23,27)(H,24,28). The summed E-state index contributed by atoms with van der Waals surface area (Å²) in [4.78, 5) is 38.1. The van der Waals surface area contributed by atoms with Crippen LogP contribution in [0.3, 0.4) is 0 Å². The summed E-state index contributed by atoms with van der Waals surface area (Å²) in [6.45, 7) is 4.80. The lowest BCUT2D eigenvalue weighted by molar-refractivity contribution is -0.132. The molecule has 2 aromatic carbocycles. The van der Waals surface area contributed by atoms with Crippen LogP contribution in [-0.4, -0.2) is 31.4 Å². The maximum absolute atomic E-state index is 12.3. The van der Waals surface area contributed by atoms with Crippen LogP contribution in [0.1, 0.15) is 38.2 Å². The highest BCUT2D eigenvalue weighted by Crippen LogP contribution is 2.33. The lowest BCUT2D eigenvalue weighted by atomic mass is 10.0. The molecule has 0 radical (unpaired) electrons. The summed E-state index contributed by atoms with van der Waals surface area (Å²) in [5, 5.41) is 5.14. The maximum Gasteiger partial charge on any atom is 0.314 e. The van der Waals surface area contributed by atoms with E-state index in [4.69, 9.17) is 4.74 Å². The fourth-order valence-corrected chi connectivity index (χ4v) is 3.21. The second-order valence-electron chi connectivity index (χ2n) is 7.22. The largest absolute Gasteiger partial charge is 0.494 e. The van der Waals surface area contributed by atoms with Gasteiger partial charge >= 0.3 is 11.8 Å². The fourth-order valence-electron chi connectivity index (χ4n) is 3.21. The van der Waals surface area contributed by atoms with Crippen molar-refractivity contribution in [3.8, 4) is 5.75 Å². The first kappa shape index (κ1) is 20.4. The van der Waals surface area contributed by atoms with Gasteiger partial charge in [-0.05, 0) is 42.2 Å². The molecule has 0 spiro atoms. The smallest absolute Gasteiger partial charge is 0.314 e. The summed E-state index contributed by atoms with van der Waals surface area (Å²) in [6, 6.07) is 12.3. The number of anilines is 3. The van der Waals surface area contributed by atoms with Gasteiger partial charge in [-0.25, -0.2) is 0 Å². The Bertz CT molecular complexity index is 922. The lowest BCUT2D eigenvalue weighted by Crippen LogP contribution is -2.29. The Kier molecular flexibility index (Phi) is 6.16. The normalized spacial score (nSPS) is 13.5. The van der Waals surface area contributed by atoms with Crippen molar-refractivity contribution in [1.82, 2.24) is 0 Å². The van der Waals surface area contributed by atoms with Crippen molar-refractivity contribution in [2.75, 3.05) is 29.2 Å². The average molecular weight is 395 g/mol. The molecule has 3 amide bonds. The van der Waals surface area contributed by atoms with E-state index in [1.165, 1.54) is 7.11 Å². The van der Waals surface area contributed by atoms with Gasteiger partial charge in [-0.3, -0.25) is 14.4 Å². The van der Waals surface area contributed by atoms with Gasteiger partial charge in [0.2, 0.25) is 5.91 Å². The van der Waals surface area contributed by atoms with Crippen molar-refractivity contribution < 1.29 is 19.1 Å². The molecule has 1 fully saturated rings. The molecule has 2 aromatic rings. The number of carbonyl (C=O) groups is 3. The Morgan fingerprint density at radius 2 is 1.62 bits per heavy atom. The molecule has 0 aliphatic carbocycles. The van der Waals surface area contributed by atoms with Crippen molar-refractivity contribution in [2.45, 2.75) is 32.6 Å². The van der Waals surface area contributed by atoms with Gasteiger partial charge in [0, 0.05) is 30.4 Å². The van der Waals surface area contributed by atoms with Gasteiger partial charge in [-0.15, -0.1) is 0 Å². The number of methoxy groups -OCH3 is 1. The minimum atomic E-state index is -0.787. The number of amides is 3. The predicted molar refractivity (Wildman–Crippen MR) is 112 cm³/mol. The summed E-state index contributed by atoms with van der Waals surface area (Å²) in [5.74, 6) is -0.660. The van der Waals surface area contributed by atoms with Crippen LogP contribution in [0.15, 0.2) is 42.5 Å². The van der Waals surface area contributed by atoms with Crippen LogP contribution in [0.2, 0.25) is 0 Å². The molecule has 0 bridgehead atoms. The first-order valence-electron chi connectivity index (χ1n) is 9.59. The van der Waals surface area contributed by atoms with Crippen molar-refractivity contribution in [3.05, 3.63) is 48.0 Å². The number of hydrogen-bond donors (Lipinski definition) is 2. The van der Waals surface area contributed by atoms with Gasteiger partial charge in [0.15, 0.2) is 0 Å². The van der Waals surface area contributed by atoms with E-state index in [-0.39, 0.29) is 5.91 Å². The van der Waals surface area contributed by atoms with Crippen LogP contribution in [0.25, 0.3) is 0 Å². The van der Waals surface area contributed by atoms with E-state index in [1.807, 2.05) is 12.1 Å².